The number of likely N-dealkylation sites (tertiary alicyclic amines) is 1. The van der Waals surface area contributed by atoms with Crippen LogP contribution in [0.5, 0.6) is 0 Å². The lowest BCUT2D eigenvalue weighted by atomic mass is 9.99. The molecular formula is C11H19N. The van der Waals surface area contributed by atoms with Gasteiger partial charge in [0, 0.05) is 6.04 Å². The summed E-state index contributed by atoms with van der Waals surface area (Å²) in [7, 11) is 0. The topological polar surface area (TPSA) is 3.24 Å². The number of rotatable bonds is 1. The molecular weight excluding hydrogens is 146 g/mol. The minimum atomic E-state index is 0.808. The van der Waals surface area contributed by atoms with Crippen molar-refractivity contribution in [1.29, 1.82) is 0 Å². The maximum absolute atomic E-state index is 2.67. The fraction of sp³-hybridized carbons (Fsp3) is 0.818. The van der Waals surface area contributed by atoms with Crippen molar-refractivity contribution in [3.8, 4) is 0 Å². The third-order valence-electron chi connectivity index (χ3n) is 3.10. The molecule has 0 amide bonds. The van der Waals surface area contributed by atoms with Gasteiger partial charge in [-0.25, -0.2) is 0 Å². The molecule has 68 valence electrons. The van der Waals surface area contributed by atoms with Crippen LogP contribution in [-0.4, -0.2) is 24.0 Å². The minimum absolute atomic E-state index is 0.808. The molecule has 1 saturated heterocycles. The molecule has 1 fully saturated rings. The van der Waals surface area contributed by atoms with Crippen LogP contribution >= 0.6 is 0 Å². The van der Waals surface area contributed by atoms with E-state index >= 15 is 0 Å². The van der Waals surface area contributed by atoms with Crippen LogP contribution < -0.4 is 0 Å². The summed E-state index contributed by atoms with van der Waals surface area (Å²) in [5.41, 5.74) is 0. The van der Waals surface area contributed by atoms with Gasteiger partial charge >= 0.3 is 0 Å². The van der Waals surface area contributed by atoms with Gasteiger partial charge in [0.1, 0.15) is 0 Å². The number of nitrogens with zero attached hydrogens (tertiary/aromatic N) is 1. The maximum atomic E-state index is 2.67. The molecule has 1 aliphatic carbocycles. The molecule has 0 aromatic carbocycles. The van der Waals surface area contributed by atoms with E-state index < -0.39 is 0 Å². The molecule has 1 heteroatoms. The van der Waals surface area contributed by atoms with Gasteiger partial charge in [0.15, 0.2) is 0 Å². The number of hydrogen-bond donors (Lipinski definition) is 0. The first kappa shape index (κ1) is 8.31. The highest BCUT2D eigenvalue weighted by Crippen LogP contribution is 2.19. The Morgan fingerprint density at radius 3 is 2.00 bits per heavy atom. The van der Waals surface area contributed by atoms with Crippen LogP contribution in [0.4, 0.5) is 0 Å². The Labute approximate surface area is 75.4 Å². The average Bonchev–Trinajstić information content (AvgIpc) is 1.90. The Kier molecular flexibility index (Phi) is 2.83. The van der Waals surface area contributed by atoms with Crippen LogP contribution in [0.15, 0.2) is 12.2 Å². The van der Waals surface area contributed by atoms with Gasteiger partial charge in [-0.05, 0) is 32.4 Å². The van der Waals surface area contributed by atoms with Crippen molar-refractivity contribution >= 4 is 0 Å². The third kappa shape index (κ3) is 1.89. The average molecular weight is 165 g/mol. The smallest absolute Gasteiger partial charge is 0.0312 e. The molecule has 1 atom stereocenters. The van der Waals surface area contributed by atoms with Crippen LogP contribution in [0.2, 0.25) is 0 Å². The second kappa shape index (κ2) is 4.08. The Morgan fingerprint density at radius 1 is 0.917 bits per heavy atom. The van der Waals surface area contributed by atoms with Crippen molar-refractivity contribution in [2.45, 2.75) is 44.6 Å². The zero-order chi connectivity index (χ0) is 8.23. The first-order valence-electron chi connectivity index (χ1n) is 5.37. The summed E-state index contributed by atoms with van der Waals surface area (Å²) in [5.74, 6) is 0. The van der Waals surface area contributed by atoms with Crippen molar-refractivity contribution in [3.05, 3.63) is 12.2 Å². The second-order valence-corrected chi connectivity index (χ2v) is 4.03. The van der Waals surface area contributed by atoms with E-state index in [1.54, 1.807) is 0 Å². The van der Waals surface area contributed by atoms with Crippen molar-refractivity contribution < 1.29 is 0 Å². The monoisotopic (exact) mass is 165 g/mol. The predicted octanol–water partition coefficient (Wildman–Crippen LogP) is 2.58. The lowest BCUT2D eigenvalue weighted by molar-refractivity contribution is 0.199. The quantitative estimate of drug-likeness (QED) is 0.540. The lowest BCUT2D eigenvalue weighted by Crippen LogP contribution is -2.38. The maximum Gasteiger partial charge on any atom is 0.0312 e. The Morgan fingerprint density at radius 2 is 1.50 bits per heavy atom. The molecule has 12 heavy (non-hydrogen) atoms. The van der Waals surface area contributed by atoms with E-state index in [4.69, 9.17) is 0 Å². The van der Waals surface area contributed by atoms with E-state index in [2.05, 4.69) is 17.1 Å². The summed E-state index contributed by atoms with van der Waals surface area (Å²) in [6.07, 6.45) is 13.2. The largest absolute Gasteiger partial charge is 0.297 e. The summed E-state index contributed by atoms with van der Waals surface area (Å²) >= 11 is 0. The van der Waals surface area contributed by atoms with Gasteiger partial charge in [-0.3, -0.25) is 4.90 Å². The predicted molar refractivity (Wildman–Crippen MR) is 52.2 cm³/mol. The van der Waals surface area contributed by atoms with E-state index in [1.807, 2.05) is 0 Å². The van der Waals surface area contributed by atoms with E-state index in [0.29, 0.717) is 0 Å². The molecule has 1 aliphatic heterocycles. The number of hydrogen-bond acceptors (Lipinski definition) is 1. The van der Waals surface area contributed by atoms with Crippen LogP contribution in [0, 0.1) is 0 Å². The van der Waals surface area contributed by atoms with E-state index in [9.17, 15) is 0 Å². The van der Waals surface area contributed by atoms with Gasteiger partial charge in [0.25, 0.3) is 0 Å². The van der Waals surface area contributed by atoms with Crippen LogP contribution in [0.1, 0.15) is 38.5 Å². The van der Waals surface area contributed by atoms with Crippen LogP contribution in [0.3, 0.4) is 0 Å². The van der Waals surface area contributed by atoms with Gasteiger partial charge in [0.05, 0.1) is 0 Å². The summed E-state index contributed by atoms with van der Waals surface area (Å²) in [4.78, 5) is 2.67. The molecule has 2 rings (SSSR count). The molecule has 1 unspecified atom stereocenters. The Hall–Kier alpha value is -0.300. The Bertz CT molecular complexity index is 154. The molecule has 0 N–H and O–H groups in total. The van der Waals surface area contributed by atoms with Gasteiger partial charge in [-0.2, -0.15) is 0 Å². The second-order valence-electron chi connectivity index (χ2n) is 4.03. The standard InChI is InChI=1S/C11H19N/c1-2-4-9-12(10-5-3-1)11-7-6-8-11/h6-7,11H,1-5,8-10H2. The molecule has 0 aromatic rings. The summed E-state index contributed by atoms with van der Waals surface area (Å²) in [6, 6.07) is 0.808. The summed E-state index contributed by atoms with van der Waals surface area (Å²) in [6.45, 7) is 2.68. The van der Waals surface area contributed by atoms with Crippen molar-refractivity contribution in [2.24, 2.45) is 0 Å². The summed E-state index contributed by atoms with van der Waals surface area (Å²) < 4.78 is 0. The molecule has 0 aromatic heterocycles. The van der Waals surface area contributed by atoms with Crippen molar-refractivity contribution in [3.63, 3.8) is 0 Å². The first-order chi connectivity index (χ1) is 5.97. The van der Waals surface area contributed by atoms with Gasteiger partial charge in [-0.15, -0.1) is 0 Å². The zero-order valence-corrected chi connectivity index (χ0v) is 7.84. The fourth-order valence-electron chi connectivity index (χ4n) is 2.13. The van der Waals surface area contributed by atoms with Crippen LogP contribution in [0.25, 0.3) is 0 Å². The summed E-state index contributed by atoms with van der Waals surface area (Å²) in [5, 5.41) is 0. The minimum Gasteiger partial charge on any atom is -0.297 e. The third-order valence-corrected chi connectivity index (χ3v) is 3.10. The van der Waals surface area contributed by atoms with Gasteiger partial charge in [0.2, 0.25) is 0 Å². The zero-order valence-electron chi connectivity index (χ0n) is 7.84. The molecule has 0 bridgehead atoms. The fourth-order valence-corrected chi connectivity index (χ4v) is 2.13. The highest BCUT2D eigenvalue weighted by Gasteiger charge is 2.19. The molecule has 2 aliphatic rings. The first-order valence-corrected chi connectivity index (χ1v) is 5.37. The molecule has 1 heterocycles. The molecule has 0 spiro atoms. The van der Waals surface area contributed by atoms with Gasteiger partial charge in [-0.1, -0.05) is 31.4 Å². The highest BCUT2D eigenvalue weighted by molar-refractivity contribution is 5.07. The molecule has 0 radical (unpaired) electrons. The van der Waals surface area contributed by atoms with E-state index in [-0.39, 0.29) is 0 Å². The van der Waals surface area contributed by atoms with E-state index in [1.165, 1.54) is 51.6 Å². The molecule has 1 nitrogen and oxygen atoms in total. The Balaban J connectivity index is 1.81. The van der Waals surface area contributed by atoms with Crippen molar-refractivity contribution in [1.82, 2.24) is 4.90 Å². The molecule has 0 saturated carbocycles. The highest BCUT2D eigenvalue weighted by atomic mass is 15.2. The van der Waals surface area contributed by atoms with Crippen LogP contribution in [-0.2, 0) is 0 Å². The van der Waals surface area contributed by atoms with Gasteiger partial charge < -0.3 is 0 Å². The normalized spacial score (nSPS) is 32.2. The van der Waals surface area contributed by atoms with E-state index in [0.717, 1.165) is 6.04 Å². The SMILES string of the molecule is C1=CC(N2CCCCCCC2)C1. The van der Waals surface area contributed by atoms with Crippen molar-refractivity contribution in [2.75, 3.05) is 13.1 Å². The lowest BCUT2D eigenvalue weighted by Gasteiger charge is -2.34.